The molecule has 0 aliphatic carbocycles. The van der Waals surface area contributed by atoms with Gasteiger partial charge in [0, 0.05) is 26.1 Å². The van der Waals surface area contributed by atoms with Crippen molar-refractivity contribution in [1.82, 2.24) is 0 Å². The van der Waals surface area contributed by atoms with Crippen LogP contribution in [0, 0.1) is 0 Å². The number of para-hydroxylation sites is 2. The van der Waals surface area contributed by atoms with Crippen LogP contribution in [0.3, 0.4) is 0 Å². The first kappa shape index (κ1) is 18.9. The maximum Gasteiger partial charge on any atom is 0.262 e. The molecule has 0 fully saturated rings. The van der Waals surface area contributed by atoms with Crippen LogP contribution in [0.25, 0.3) is 6.08 Å². The molecule has 0 spiro atoms. The first-order valence-electron chi connectivity index (χ1n) is 8.56. The second-order valence-electron chi connectivity index (χ2n) is 6.12. The third-order valence-corrected chi connectivity index (χ3v) is 5.87. The van der Waals surface area contributed by atoms with E-state index in [2.05, 4.69) is 5.32 Å². The highest BCUT2D eigenvalue weighted by atomic mass is 35.5. The zero-order valence-electron chi connectivity index (χ0n) is 14.6. The van der Waals surface area contributed by atoms with Crippen molar-refractivity contribution in [3.63, 3.8) is 0 Å². The van der Waals surface area contributed by atoms with Crippen LogP contribution < -0.4 is 10.1 Å². The number of halogens is 2. The molecular weight excluding hydrogens is 413 g/mol. The molecule has 4 rings (SSSR count). The molecule has 1 amide bonds. The van der Waals surface area contributed by atoms with Crippen molar-refractivity contribution >= 4 is 52.6 Å². The lowest BCUT2D eigenvalue weighted by molar-refractivity contribution is -0.112. The Morgan fingerprint density at radius 1 is 1.00 bits per heavy atom. The molecule has 1 heterocycles. The molecule has 0 unspecified atom stereocenters. The summed E-state index contributed by atoms with van der Waals surface area (Å²) < 4.78 is 5.98. The summed E-state index contributed by atoms with van der Waals surface area (Å²) in [6, 6.07) is 20.6. The van der Waals surface area contributed by atoms with Crippen LogP contribution in [-0.4, -0.2) is 5.91 Å². The molecule has 3 aromatic rings. The van der Waals surface area contributed by atoms with Crippen LogP contribution in [0.2, 0.25) is 10.0 Å². The van der Waals surface area contributed by atoms with Gasteiger partial charge in [-0.2, -0.15) is 0 Å². The molecule has 0 saturated heterocycles. The van der Waals surface area contributed by atoms with Crippen LogP contribution in [0.1, 0.15) is 11.1 Å². The lowest BCUT2D eigenvalue weighted by Gasteiger charge is -2.18. The van der Waals surface area contributed by atoms with E-state index in [1.54, 1.807) is 12.1 Å². The lowest BCUT2D eigenvalue weighted by Crippen LogP contribution is -2.17. The highest BCUT2D eigenvalue weighted by molar-refractivity contribution is 8.04. The SMILES string of the molecule is O=C1Nc2ccccc2S/C1=C\c1ccccc1OCc1ccc(Cl)cc1Cl. The quantitative estimate of drug-likeness (QED) is 0.473. The van der Waals surface area contributed by atoms with Gasteiger partial charge in [0.25, 0.3) is 5.91 Å². The van der Waals surface area contributed by atoms with E-state index >= 15 is 0 Å². The number of hydrogen-bond acceptors (Lipinski definition) is 3. The minimum atomic E-state index is -0.126. The van der Waals surface area contributed by atoms with Gasteiger partial charge in [-0.25, -0.2) is 0 Å². The van der Waals surface area contributed by atoms with Crippen LogP contribution >= 0.6 is 35.0 Å². The molecule has 0 radical (unpaired) electrons. The molecule has 0 aromatic heterocycles. The number of benzene rings is 3. The minimum absolute atomic E-state index is 0.126. The van der Waals surface area contributed by atoms with Gasteiger partial charge in [-0.05, 0) is 36.4 Å². The molecule has 140 valence electrons. The summed E-state index contributed by atoms with van der Waals surface area (Å²) in [7, 11) is 0. The monoisotopic (exact) mass is 427 g/mol. The fourth-order valence-corrected chi connectivity index (χ4v) is 4.17. The molecule has 1 N–H and O–H groups in total. The molecule has 6 heteroatoms. The molecule has 28 heavy (non-hydrogen) atoms. The average molecular weight is 428 g/mol. The molecule has 1 aliphatic heterocycles. The van der Waals surface area contributed by atoms with Crippen molar-refractivity contribution in [2.45, 2.75) is 11.5 Å². The number of carbonyl (C=O) groups excluding carboxylic acids is 1. The number of amides is 1. The normalized spacial score (nSPS) is 14.5. The van der Waals surface area contributed by atoms with Gasteiger partial charge in [-0.3, -0.25) is 4.79 Å². The summed E-state index contributed by atoms with van der Waals surface area (Å²) in [4.78, 5) is 14.1. The Kier molecular flexibility index (Phi) is 5.62. The van der Waals surface area contributed by atoms with Gasteiger partial charge in [0.15, 0.2) is 0 Å². The summed E-state index contributed by atoms with van der Waals surface area (Å²) in [5.41, 5.74) is 2.49. The first-order valence-corrected chi connectivity index (χ1v) is 10.1. The predicted molar refractivity (Wildman–Crippen MR) is 116 cm³/mol. The highest BCUT2D eigenvalue weighted by Crippen LogP contribution is 2.39. The average Bonchev–Trinajstić information content (AvgIpc) is 2.69. The highest BCUT2D eigenvalue weighted by Gasteiger charge is 2.21. The molecule has 1 aliphatic rings. The summed E-state index contributed by atoms with van der Waals surface area (Å²) in [6.45, 7) is 0.304. The number of nitrogens with one attached hydrogen (secondary N) is 1. The topological polar surface area (TPSA) is 38.3 Å². The standard InChI is InChI=1S/C22H15Cl2NO2S/c23-16-10-9-15(17(24)12-16)13-27-19-7-3-1-5-14(19)11-21-22(26)25-18-6-2-4-8-20(18)28-21/h1-12H,13H2,(H,25,26)/b21-11-. The van der Waals surface area contributed by atoms with E-state index in [4.69, 9.17) is 27.9 Å². The Labute approximate surface area is 177 Å². The van der Waals surface area contributed by atoms with Crippen molar-refractivity contribution in [1.29, 1.82) is 0 Å². The van der Waals surface area contributed by atoms with Crippen LogP contribution in [0.15, 0.2) is 76.5 Å². The number of carbonyl (C=O) groups is 1. The Morgan fingerprint density at radius 2 is 1.79 bits per heavy atom. The fourth-order valence-electron chi connectivity index (χ4n) is 2.77. The van der Waals surface area contributed by atoms with Gasteiger partial charge in [0.2, 0.25) is 0 Å². The molecule has 0 atom stereocenters. The summed E-state index contributed by atoms with van der Waals surface area (Å²) in [5, 5.41) is 4.06. The van der Waals surface area contributed by atoms with Crippen molar-refractivity contribution in [3.8, 4) is 5.75 Å². The van der Waals surface area contributed by atoms with E-state index in [9.17, 15) is 4.79 Å². The summed E-state index contributed by atoms with van der Waals surface area (Å²) in [6.07, 6.45) is 1.84. The minimum Gasteiger partial charge on any atom is -0.488 e. The van der Waals surface area contributed by atoms with E-state index in [-0.39, 0.29) is 5.91 Å². The van der Waals surface area contributed by atoms with Crippen LogP contribution in [-0.2, 0) is 11.4 Å². The largest absolute Gasteiger partial charge is 0.488 e. The number of thioether (sulfide) groups is 1. The second-order valence-corrected chi connectivity index (χ2v) is 8.05. The Morgan fingerprint density at radius 3 is 2.64 bits per heavy atom. The van der Waals surface area contributed by atoms with Crippen molar-refractivity contribution in [2.75, 3.05) is 5.32 Å². The number of fused-ring (bicyclic) bond motifs is 1. The van der Waals surface area contributed by atoms with E-state index < -0.39 is 0 Å². The zero-order valence-corrected chi connectivity index (χ0v) is 16.9. The first-order chi connectivity index (χ1) is 13.6. The van der Waals surface area contributed by atoms with E-state index in [0.717, 1.165) is 21.7 Å². The lowest BCUT2D eigenvalue weighted by atomic mass is 10.1. The molecule has 0 bridgehead atoms. The maximum atomic E-state index is 12.5. The van der Waals surface area contributed by atoms with E-state index in [0.29, 0.717) is 27.3 Å². The Balaban J connectivity index is 1.58. The van der Waals surface area contributed by atoms with Gasteiger partial charge < -0.3 is 10.1 Å². The Hall–Kier alpha value is -2.40. The third kappa shape index (κ3) is 4.20. The predicted octanol–water partition coefficient (Wildman–Crippen LogP) is 6.66. The molecule has 0 saturated carbocycles. The zero-order chi connectivity index (χ0) is 19.5. The smallest absolute Gasteiger partial charge is 0.262 e. The molecule has 3 nitrogen and oxygen atoms in total. The van der Waals surface area contributed by atoms with Gasteiger partial charge in [-0.1, -0.05) is 71.4 Å². The Bertz CT molecular complexity index is 1080. The molecular formula is C22H15Cl2NO2S. The maximum absolute atomic E-state index is 12.5. The van der Waals surface area contributed by atoms with Crippen LogP contribution in [0.4, 0.5) is 5.69 Å². The van der Waals surface area contributed by atoms with E-state index in [1.165, 1.54) is 11.8 Å². The van der Waals surface area contributed by atoms with Crippen molar-refractivity contribution in [3.05, 3.63) is 92.8 Å². The summed E-state index contributed by atoms with van der Waals surface area (Å²) >= 11 is 13.6. The van der Waals surface area contributed by atoms with Crippen LogP contribution in [0.5, 0.6) is 5.75 Å². The number of anilines is 1. The van der Waals surface area contributed by atoms with Gasteiger partial charge >= 0.3 is 0 Å². The number of ether oxygens (including phenoxy) is 1. The number of hydrogen-bond donors (Lipinski definition) is 1. The fraction of sp³-hybridized carbons (Fsp3) is 0.0455. The van der Waals surface area contributed by atoms with Gasteiger partial charge in [0.05, 0.1) is 10.6 Å². The summed E-state index contributed by atoms with van der Waals surface area (Å²) in [5.74, 6) is 0.549. The van der Waals surface area contributed by atoms with Crippen molar-refractivity contribution < 1.29 is 9.53 Å². The van der Waals surface area contributed by atoms with Gasteiger partial charge in [-0.15, -0.1) is 0 Å². The third-order valence-electron chi connectivity index (χ3n) is 4.18. The van der Waals surface area contributed by atoms with Crippen molar-refractivity contribution in [2.24, 2.45) is 0 Å². The second kappa shape index (κ2) is 8.31. The van der Waals surface area contributed by atoms with Gasteiger partial charge in [0.1, 0.15) is 12.4 Å². The molecule has 3 aromatic carbocycles. The van der Waals surface area contributed by atoms with E-state index in [1.807, 2.05) is 60.7 Å². The number of rotatable bonds is 4.